The molecule has 5 atom stereocenters. The first-order chi connectivity index (χ1) is 19.3. The summed E-state index contributed by atoms with van der Waals surface area (Å²) in [5.41, 5.74) is 3.66. The molecule has 1 heterocycles. The Morgan fingerprint density at radius 3 is 2.50 bits per heavy atom. The van der Waals surface area contributed by atoms with Crippen molar-refractivity contribution < 1.29 is 29.6 Å². The van der Waals surface area contributed by atoms with Crippen molar-refractivity contribution in [2.45, 2.75) is 49.3 Å². The highest BCUT2D eigenvalue weighted by Crippen LogP contribution is 2.36. The molecule has 40 heavy (non-hydrogen) atoms. The minimum Gasteiger partial charge on any atom is -0.387 e. The highest BCUT2D eigenvalue weighted by Gasteiger charge is 2.44. The van der Waals surface area contributed by atoms with Crippen molar-refractivity contribution in [2.24, 2.45) is 0 Å². The maximum Gasteiger partial charge on any atom is 0.222 e. The third-order valence-corrected chi connectivity index (χ3v) is 7.61. The molecule has 0 spiro atoms. The highest BCUT2D eigenvalue weighted by atomic mass is 32.2. The molecule has 0 saturated carbocycles. The Morgan fingerprint density at radius 2 is 1.82 bits per heavy atom. The Hall–Kier alpha value is -2.86. The van der Waals surface area contributed by atoms with Gasteiger partial charge in [0.15, 0.2) is 0 Å². The van der Waals surface area contributed by atoms with Crippen LogP contribution in [0.3, 0.4) is 0 Å². The molecule has 0 bridgehead atoms. The Bertz CT molecular complexity index is 1190. The summed E-state index contributed by atoms with van der Waals surface area (Å²) in [5.74, 6) is 5.22. The number of carbonyl (C=O) groups is 1. The Labute approximate surface area is 241 Å². The summed E-state index contributed by atoms with van der Waals surface area (Å²) in [6.07, 6.45) is 9.08. The van der Waals surface area contributed by atoms with Gasteiger partial charge < -0.3 is 30.1 Å². The molecule has 4 N–H and O–H groups in total. The van der Waals surface area contributed by atoms with Crippen LogP contribution < -0.4 is 5.32 Å². The molecule has 3 rings (SSSR count). The number of aliphatic hydroxyl groups is 3. The van der Waals surface area contributed by atoms with Crippen molar-refractivity contribution in [3.8, 4) is 24.7 Å². The van der Waals surface area contributed by atoms with Crippen molar-refractivity contribution in [3.05, 3.63) is 70.3 Å². The fourth-order valence-electron chi connectivity index (χ4n) is 4.43. The topological polar surface area (TPSA) is 111 Å². The predicted octanol–water partition coefficient (Wildman–Crippen LogP) is 1.69. The fraction of sp³-hybridized carbons (Fsp3) is 0.452. The average molecular weight is 567 g/mol. The summed E-state index contributed by atoms with van der Waals surface area (Å²) in [6, 6.07) is 13.4. The molecule has 1 amide bonds. The quantitative estimate of drug-likeness (QED) is 0.214. The summed E-state index contributed by atoms with van der Waals surface area (Å²) in [7, 11) is 1.91. The van der Waals surface area contributed by atoms with Gasteiger partial charge in [0.05, 0.1) is 19.8 Å². The van der Waals surface area contributed by atoms with E-state index in [0.717, 1.165) is 22.3 Å². The van der Waals surface area contributed by atoms with Crippen LogP contribution >= 0.6 is 11.8 Å². The second-order valence-corrected chi connectivity index (χ2v) is 10.7. The molecular formula is C31H38N2O6S. The zero-order valence-corrected chi connectivity index (χ0v) is 23.8. The number of likely N-dealkylation sites (N-methyl/N-ethyl adjacent to an activating group) is 1. The molecule has 1 aliphatic rings. The molecule has 0 unspecified atom stereocenters. The molecule has 2 aromatic rings. The first kappa shape index (κ1) is 31.7. The smallest absolute Gasteiger partial charge is 0.222 e. The molecule has 1 fully saturated rings. The number of nitrogens with one attached hydrogen (secondary N) is 1. The van der Waals surface area contributed by atoms with E-state index in [-0.39, 0.29) is 12.3 Å². The van der Waals surface area contributed by atoms with Crippen molar-refractivity contribution in [3.63, 3.8) is 0 Å². The van der Waals surface area contributed by atoms with Gasteiger partial charge in [0.25, 0.3) is 0 Å². The lowest BCUT2D eigenvalue weighted by atomic mass is 9.90. The van der Waals surface area contributed by atoms with Gasteiger partial charge >= 0.3 is 0 Å². The van der Waals surface area contributed by atoms with Crippen LogP contribution in [0.5, 0.6) is 0 Å². The molecule has 1 aliphatic heterocycles. The summed E-state index contributed by atoms with van der Waals surface area (Å²) in [5, 5.41) is 33.9. The summed E-state index contributed by atoms with van der Waals surface area (Å²) in [4.78, 5) is 13.9. The SMILES string of the molecule is C#CCN(C)CCNC(=O)CCOCc1ccc(Cc2cc([C@@H]3O[C@H](SC)[C@@H](O)[C@H](O)[C@H]3O)ccc2C#C)cc1. The van der Waals surface area contributed by atoms with E-state index in [1.807, 2.05) is 42.3 Å². The number of rotatable bonds is 13. The summed E-state index contributed by atoms with van der Waals surface area (Å²) >= 11 is 1.27. The molecule has 8 nitrogen and oxygen atoms in total. The molecule has 2 aromatic carbocycles. The van der Waals surface area contributed by atoms with Gasteiger partial charge in [0.1, 0.15) is 29.9 Å². The van der Waals surface area contributed by atoms with Crippen LogP contribution in [0.2, 0.25) is 0 Å². The Kier molecular flexibility index (Phi) is 12.5. The summed E-state index contributed by atoms with van der Waals surface area (Å²) < 4.78 is 11.6. The Morgan fingerprint density at radius 1 is 1.10 bits per heavy atom. The van der Waals surface area contributed by atoms with E-state index in [2.05, 4.69) is 17.2 Å². The van der Waals surface area contributed by atoms with E-state index in [1.54, 1.807) is 18.4 Å². The van der Waals surface area contributed by atoms with Gasteiger partial charge in [-0.05, 0) is 48.0 Å². The van der Waals surface area contributed by atoms with Gasteiger partial charge in [-0.25, -0.2) is 0 Å². The largest absolute Gasteiger partial charge is 0.387 e. The number of nitrogens with zero attached hydrogens (tertiary/aromatic N) is 1. The maximum absolute atomic E-state index is 12.0. The van der Waals surface area contributed by atoms with Gasteiger partial charge in [0.2, 0.25) is 5.91 Å². The van der Waals surface area contributed by atoms with E-state index in [0.29, 0.717) is 44.8 Å². The molecule has 0 aromatic heterocycles. The van der Waals surface area contributed by atoms with Crippen LogP contribution in [0, 0.1) is 24.7 Å². The van der Waals surface area contributed by atoms with Gasteiger partial charge in [0, 0.05) is 25.1 Å². The number of carbonyl (C=O) groups excluding carboxylic acids is 1. The number of hydrogen-bond donors (Lipinski definition) is 4. The number of benzene rings is 2. The molecule has 9 heteroatoms. The zero-order valence-electron chi connectivity index (χ0n) is 23.0. The van der Waals surface area contributed by atoms with E-state index in [1.165, 1.54) is 11.8 Å². The lowest BCUT2D eigenvalue weighted by Crippen LogP contribution is -2.52. The van der Waals surface area contributed by atoms with Crippen molar-refractivity contribution >= 4 is 17.7 Å². The van der Waals surface area contributed by atoms with Crippen LogP contribution in [-0.4, -0.2) is 89.4 Å². The number of thioether (sulfide) groups is 1. The van der Waals surface area contributed by atoms with Gasteiger partial charge in [-0.3, -0.25) is 9.69 Å². The third-order valence-electron chi connectivity index (χ3n) is 6.75. The molecule has 214 valence electrons. The van der Waals surface area contributed by atoms with Crippen LogP contribution in [0.4, 0.5) is 0 Å². The van der Waals surface area contributed by atoms with Gasteiger partial charge in [-0.15, -0.1) is 24.6 Å². The standard InChI is InChI=1S/C31H38N2O6S/c1-5-15-33(3)16-14-32-26(34)13-17-38-20-22-9-7-21(8-10-22)18-25-19-24(12-11-23(25)6-2)30-28(36)27(35)29(37)31(39-30)40-4/h1-2,7-12,19,27-31,35-37H,13-18,20H2,3-4H3,(H,32,34)/t27-,28-,29+,30+,31-/m1/s1. The third kappa shape index (κ3) is 8.82. The second kappa shape index (κ2) is 15.8. The fourth-order valence-corrected chi connectivity index (χ4v) is 5.10. The second-order valence-electron chi connectivity index (χ2n) is 9.78. The van der Waals surface area contributed by atoms with Crippen LogP contribution in [0.25, 0.3) is 0 Å². The van der Waals surface area contributed by atoms with Gasteiger partial charge in [-0.2, -0.15) is 0 Å². The highest BCUT2D eigenvalue weighted by molar-refractivity contribution is 7.99. The lowest BCUT2D eigenvalue weighted by molar-refractivity contribution is -0.200. The van der Waals surface area contributed by atoms with E-state index >= 15 is 0 Å². The van der Waals surface area contributed by atoms with Crippen LogP contribution in [0.15, 0.2) is 42.5 Å². The molecule has 1 saturated heterocycles. The molecular weight excluding hydrogens is 528 g/mol. The van der Waals surface area contributed by atoms with Crippen molar-refractivity contribution in [2.75, 3.05) is 39.5 Å². The maximum atomic E-state index is 12.0. The average Bonchev–Trinajstić information content (AvgIpc) is 2.95. The van der Waals surface area contributed by atoms with Crippen molar-refractivity contribution in [1.29, 1.82) is 0 Å². The minimum absolute atomic E-state index is 0.0585. The van der Waals surface area contributed by atoms with Crippen LogP contribution in [-0.2, 0) is 27.3 Å². The van der Waals surface area contributed by atoms with Gasteiger partial charge in [-0.1, -0.05) is 48.2 Å². The number of amides is 1. The summed E-state index contributed by atoms with van der Waals surface area (Å²) in [6.45, 7) is 2.50. The Balaban J connectivity index is 1.53. The van der Waals surface area contributed by atoms with E-state index < -0.39 is 29.9 Å². The lowest BCUT2D eigenvalue weighted by Gasteiger charge is -2.40. The number of terminal acetylenes is 2. The van der Waals surface area contributed by atoms with E-state index in [9.17, 15) is 20.1 Å². The first-order valence-corrected chi connectivity index (χ1v) is 14.4. The number of ether oxygens (including phenoxy) is 2. The van der Waals surface area contributed by atoms with Crippen LogP contribution in [0.1, 0.15) is 40.3 Å². The predicted molar refractivity (Wildman–Crippen MR) is 156 cm³/mol. The normalized spacial score (nSPS) is 22.4. The first-order valence-electron chi connectivity index (χ1n) is 13.1. The van der Waals surface area contributed by atoms with E-state index in [4.69, 9.17) is 22.3 Å². The zero-order chi connectivity index (χ0) is 29.1. The number of aliphatic hydroxyl groups excluding tert-OH is 3. The van der Waals surface area contributed by atoms with Crippen molar-refractivity contribution in [1.82, 2.24) is 10.2 Å². The molecule has 0 radical (unpaired) electrons. The molecule has 0 aliphatic carbocycles. The number of hydrogen-bond acceptors (Lipinski definition) is 8. The monoisotopic (exact) mass is 566 g/mol. The minimum atomic E-state index is -1.32.